The van der Waals surface area contributed by atoms with Gasteiger partial charge in [0, 0.05) is 32.5 Å². The number of halogens is 1. The maximum atomic E-state index is 5.34. The first-order chi connectivity index (χ1) is 11.7. The van der Waals surface area contributed by atoms with E-state index in [4.69, 9.17) is 9.47 Å². The minimum atomic E-state index is 0. The highest BCUT2D eigenvalue weighted by molar-refractivity contribution is 14.0. The maximum Gasteiger partial charge on any atom is 0.191 e. The highest BCUT2D eigenvalue weighted by Gasteiger charge is 2.05. The highest BCUT2D eigenvalue weighted by Crippen LogP contribution is 2.27. The molecular formula is C18H27IN4O2. The number of nitrogens with one attached hydrogen (secondary N) is 2. The Hall–Kier alpha value is -1.90. The lowest BCUT2D eigenvalue weighted by molar-refractivity contribution is 0.354. The van der Waals surface area contributed by atoms with Crippen molar-refractivity contribution in [2.24, 2.45) is 12.0 Å². The average Bonchev–Trinajstić information content (AvgIpc) is 3.02. The molecule has 0 aliphatic carbocycles. The van der Waals surface area contributed by atoms with Crippen molar-refractivity contribution >= 4 is 29.9 Å². The third-order valence-electron chi connectivity index (χ3n) is 3.57. The van der Waals surface area contributed by atoms with Crippen molar-refractivity contribution in [2.45, 2.75) is 20.0 Å². The van der Waals surface area contributed by atoms with Crippen molar-refractivity contribution in [3.05, 3.63) is 47.8 Å². The van der Waals surface area contributed by atoms with E-state index in [0.717, 1.165) is 29.6 Å². The summed E-state index contributed by atoms with van der Waals surface area (Å²) >= 11 is 0. The number of aliphatic imine (C=N–C) groups is 1. The first kappa shape index (κ1) is 21.1. The third-order valence-corrected chi connectivity index (χ3v) is 3.57. The highest BCUT2D eigenvalue weighted by atomic mass is 127. The van der Waals surface area contributed by atoms with Gasteiger partial charge in [-0.1, -0.05) is 6.07 Å². The number of rotatable bonds is 7. The second-order valence-corrected chi connectivity index (χ2v) is 5.42. The minimum absolute atomic E-state index is 0. The standard InChI is InChI=1S/C18H26N4O2.HI/c1-5-19-18(21-12-15-8-9-22(2)13-15)20-11-14-6-7-16(23-3)17(10-14)24-4;/h6-10,13H,5,11-12H2,1-4H3,(H2,19,20,21);1H. The molecule has 6 nitrogen and oxygen atoms in total. The summed E-state index contributed by atoms with van der Waals surface area (Å²) in [6, 6.07) is 7.95. The normalized spacial score (nSPS) is 10.8. The van der Waals surface area contributed by atoms with Gasteiger partial charge in [-0.2, -0.15) is 0 Å². The fourth-order valence-electron chi connectivity index (χ4n) is 2.34. The van der Waals surface area contributed by atoms with Crippen LogP contribution in [-0.4, -0.2) is 31.3 Å². The molecule has 7 heteroatoms. The molecule has 0 aliphatic rings. The quantitative estimate of drug-likeness (QED) is 0.381. The molecule has 0 fully saturated rings. The Morgan fingerprint density at radius 3 is 2.44 bits per heavy atom. The van der Waals surface area contributed by atoms with Crippen LogP contribution in [0.3, 0.4) is 0 Å². The Balaban J connectivity index is 0.00000312. The van der Waals surface area contributed by atoms with Crippen LogP contribution in [0, 0.1) is 0 Å². The van der Waals surface area contributed by atoms with Gasteiger partial charge in [-0.15, -0.1) is 24.0 Å². The Bertz CT molecular complexity index is 685. The first-order valence-corrected chi connectivity index (χ1v) is 8.00. The number of ether oxygens (including phenoxy) is 2. The van der Waals surface area contributed by atoms with E-state index < -0.39 is 0 Å². The van der Waals surface area contributed by atoms with Gasteiger partial charge in [0.15, 0.2) is 17.5 Å². The van der Waals surface area contributed by atoms with Gasteiger partial charge in [-0.25, -0.2) is 4.99 Å². The summed E-state index contributed by atoms with van der Waals surface area (Å²) in [5.41, 5.74) is 2.28. The van der Waals surface area contributed by atoms with E-state index in [0.29, 0.717) is 13.1 Å². The largest absolute Gasteiger partial charge is 0.493 e. The van der Waals surface area contributed by atoms with Crippen molar-refractivity contribution < 1.29 is 9.47 Å². The fraction of sp³-hybridized carbons (Fsp3) is 0.389. The molecule has 2 aromatic rings. The number of guanidine groups is 1. The van der Waals surface area contributed by atoms with Crippen molar-refractivity contribution in [1.82, 2.24) is 15.2 Å². The zero-order valence-electron chi connectivity index (χ0n) is 15.2. The van der Waals surface area contributed by atoms with Crippen LogP contribution in [0.1, 0.15) is 18.1 Å². The summed E-state index contributed by atoms with van der Waals surface area (Å²) in [5, 5.41) is 6.60. The Labute approximate surface area is 166 Å². The van der Waals surface area contributed by atoms with Crippen LogP contribution in [0.15, 0.2) is 41.7 Å². The zero-order chi connectivity index (χ0) is 17.4. The summed E-state index contributed by atoms with van der Waals surface area (Å²) in [6.07, 6.45) is 4.09. The Kier molecular flexibility index (Phi) is 9.18. The Morgan fingerprint density at radius 2 is 1.84 bits per heavy atom. The summed E-state index contributed by atoms with van der Waals surface area (Å²) in [4.78, 5) is 4.61. The number of aromatic nitrogens is 1. The molecule has 25 heavy (non-hydrogen) atoms. The molecule has 2 rings (SSSR count). The molecule has 0 saturated heterocycles. The van der Waals surface area contributed by atoms with Gasteiger partial charge in [0.25, 0.3) is 0 Å². The smallest absolute Gasteiger partial charge is 0.191 e. The van der Waals surface area contributed by atoms with Crippen LogP contribution in [0.4, 0.5) is 0 Å². The molecule has 0 saturated carbocycles. The van der Waals surface area contributed by atoms with E-state index >= 15 is 0 Å². The lowest BCUT2D eigenvalue weighted by Gasteiger charge is -2.13. The number of hydrogen-bond donors (Lipinski definition) is 2. The molecule has 2 N–H and O–H groups in total. The van der Waals surface area contributed by atoms with Crippen molar-refractivity contribution in [3.63, 3.8) is 0 Å². The van der Waals surface area contributed by atoms with Crippen LogP contribution in [-0.2, 0) is 20.1 Å². The van der Waals surface area contributed by atoms with Crippen molar-refractivity contribution in [2.75, 3.05) is 20.8 Å². The number of methoxy groups -OCH3 is 2. The van der Waals surface area contributed by atoms with Crippen LogP contribution < -0.4 is 20.1 Å². The van der Waals surface area contributed by atoms with E-state index in [1.165, 1.54) is 5.56 Å². The number of hydrogen-bond acceptors (Lipinski definition) is 3. The maximum absolute atomic E-state index is 5.34. The first-order valence-electron chi connectivity index (χ1n) is 8.00. The minimum Gasteiger partial charge on any atom is -0.493 e. The SMILES string of the molecule is CCNC(=NCc1ccn(C)c1)NCc1ccc(OC)c(OC)c1.I. The summed E-state index contributed by atoms with van der Waals surface area (Å²) in [5.74, 6) is 2.24. The van der Waals surface area contributed by atoms with Gasteiger partial charge in [0.05, 0.1) is 20.8 Å². The van der Waals surface area contributed by atoms with Gasteiger partial charge in [-0.3, -0.25) is 0 Å². The average molecular weight is 458 g/mol. The number of benzene rings is 1. The zero-order valence-corrected chi connectivity index (χ0v) is 17.5. The van der Waals surface area contributed by atoms with Gasteiger partial charge in [0.1, 0.15) is 0 Å². The van der Waals surface area contributed by atoms with E-state index in [1.54, 1.807) is 14.2 Å². The van der Waals surface area contributed by atoms with Crippen LogP contribution in [0.2, 0.25) is 0 Å². The summed E-state index contributed by atoms with van der Waals surface area (Å²) < 4.78 is 12.6. The molecule has 0 amide bonds. The van der Waals surface area contributed by atoms with Gasteiger partial charge in [0.2, 0.25) is 0 Å². The van der Waals surface area contributed by atoms with Crippen molar-refractivity contribution in [3.8, 4) is 11.5 Å². The monoisotopic (exact) mass is 458 g/mol. The van der Waals surface area contributed by atoms with Gasteiger partial charge < -0.3 is 24.7 Å². The van der Waals surface area contributed by atoms with Gasteiger partial charge in [-0.05, 0) is 36.2 Å². The predicted molar refractivity (Wildman–Crippen MR) is 112 cm³/mol. The molecule has 0 radical (unpaired) electrons. The topological polar surface area (TPSA) is 59.8 Å². The predicted octanol–water partition coefficient (Wildman–Crippen LogP) is 2.92. The van der Waals surface area contributed by atoms with Crippen LogP contribution in [0.25, 0.3) is 0 Å². The molecule has 0 atom stereocenters. The fourth-order valence-corrected chi connectivity index (χ4v) is 2.34. The van der Waals surface area contributed by atoms with E-state index in [2.05, 4.69) is 34.8 Å². The lowest BCUT2D eigenvalue weighted by atomic mass is 10.2. The molecule has 0 aliphatic heterocycles. The van der Waals surface area contributed by atoms with Crippen LogP contribution in [0.5, 0.6) is 11.5 Å². The molecule has 1 aromatic carbocycles. The molecular weight excluding hydrogens is 431 g/mol. The van der Waals surface area contributed by atoms with Crippen LogP contribution >= 0.6 is 24.0 Å². The van der Waals surface area contributed by atoms with E-state index in [-0.39, 0.29) is 24.0 Å². The number of nitrogens with zero attached hydrogens (tertiary/aromatic N) is 2. The van der Waals surface area contributed by atoms with Crippen molar-refractivity contribution in [1.29, 1.82) is 0 Å². The third kappa shape index (κ3) is 6.49. The van der Waals surface area contributed by atoms with E-state index in [9.17, 15) is 0 Å². The molecule has 138 valence electrons. The van der Waals surface area contributed by atoms with E-state index in [1.807, 2.05) is 36.0 Å². The summed E-state index contributed by atoms with van der Waals surface area (Å²) in [7, 11) is 5.28. The molecule has 0 spiro atoms. The lowest BCUT2D eigenvalue weighted by Crippen LogP contribution is -2.36. The molecule has 1 heterocycles. The number of aryl methyl sites for hydroxylation is 1. The second-order valence-electron chi connectivity index (χ2n) is 5.42. The summed E-state index contributed by atoms with van der Waals surface area (Å²) in [6.45, 7) is 4.16. The molecule has 0 bridgehead atoms. The second kappa shape index (κ2) is 10.9. The Morgan fingerprint density at radius 1 is 1.08 bits per heavy atom. The molecule has 1 aromatic heterocycles. The molecule has 0 unspecified atom stereocenters. The van der Waals surface area contributed by atoms with Gasteiger partial charge >= 0.3 is 0 Å².